The molecule has 0 saturated carbocycles. The van der Waals surface area contributed by atoms with Crippen LogP contribution in [0.25, 0.3) is 0 Å². The second-order valence-electron chi connectivity index (χ2n) is 7.99. The van der Waals surface area contributed by atoms with Crippen LogP contribution in [0, 0.1) is 23.7 Å². The number of ether oxygens (including phenoxy) is 3. The molecule has 10 heteroatoms. The molecule has 10 nitrogen and oxygen atoms in total. The summed E-state index contributed by atoms with van der Waals surface area (Å²) in [4.78, 5) is 48.0. The number of hydrogen-bond acceptors (Lipinski definition) is 8. The van der Waals surface area contributed by atoms with Gasteiger partial charge in [-0.15, -0.1) is 0 Å². The summed E-state index contributed by atoms with van der Waals surface area (Å²) in [6, 6.07) is 4.73. The van der Waals surface area contributed by atoms with Gasteiger partial charge in [0.15, 0.2) is 0 Å². The quantitative estimate of drug-likeness (QED) is 0.311. The zero-order valence-electron chi connectivity index (χ0n) is 19.9. The minimum atomic E-state index is -1.05. The van der Waals surface area contributed by atoms with Gasteiger partial charge in [-0.05, 0) is 44.1 Å². The molecule has 1 fully saturated rings. The van der Waals surface area contributed by atoms with Crippen molar-refractivity contribution in [1.29, 1.82) is 0 Å². The zero-order valence-corrected chi connectivity index (χ0v) is 19.9. The number of esters is 2. The molecule has 1 aromatic carbocycles. The second kappa shape index (κ2) is 13.2. The van der Waals surface area contributed by atoms with Gasteiger partial charge >= 0.3 is 18.0 Å². The molecule has 0 radical (unpaired) electrons. The molecule has 2 rings (SSSR count). The first-order valence-corrected chi connectivity index (χ1v) is 11.1. The number of methoxy groups -OCH3 is 1. The predicted octanol–water partition coefficient (Wildman–Crippen LogP) is 2.03. The van der Waals surface area contributed by atoms with Crippen molar-refractivity contribution in [3.05, 3.63) is 29.3 Å². The minimum Gasteiger partial charge on any atom is -0.465 e. The molecule has 1 unspecified atom stereocenters. The van der Waals surface area contributed by atoms with E-state index < -0.39 is 24.3 Å². The van der Waals surface area contributed by atoms with Gasteiger partial charge in [-0.2, -0.15) is 0 Å². The van der Waals surface area contributed by atoms with Crippen LogP contribution in [0.1, 0.15) is 49.5 Å². The monoisotopic (exact) mass is 473 g/mol. The Labute approximate surface area is 199 Å². The van der Waals surface area contributed by atoms with Gasteiger partial charge in [0, 0.05) is 24.1 Å². The van der Waals surface area contributed by atoms with Crippen LogP contribution < -0.4 is 16.0 Å². The molecule has 1 saturated heterocycles. The van der Waals surface area contributed by atoms with Crippen LogP contribution in [-0.4, -0.2) is 57.0 Å². The highest BCUT2D eigenvalue weighted by Gasteiger charge is 2.21. The van der Waals surface area contributed by atoms with Gasteiger partial charge in [-0.3, -0.25) is 9.59 Å². The fourth-order valence-electron chi connectivity index (χ4n) is 3.11. The van der Waals surface area contributed by atoms with Gasteiger partial charge in [-0.1, -0.05) is 25.7 Å². The third-order valence-electron chi connectivity index (χ3n) is 4.97. The number of benzene rings is 1. The first-order chi connectivity index (χ1) is 16.2. The van der Waals surface area contributed by atoms with E-state index in [2.05, 4.69) is 27.8 Å². The van der Waals surface area contributed by atoms with Crippen LogP contribution >= 0.6 is 0 Å². The summed E-state index contributed by atoms with van der Waals surface area (Å²) < 4.78 is 14.7. The van der Waals surface area contributed by atoms with Gasteiger partial charge < -0.3 is 30.2 Å². The van der Waals surface area contributed by atoms with Gasteiger partial charge in [0.05, 0.1) is 25.1 Å². The lowest BCUT2D eigenvalue weighted by Crippen LogP contribution is -2.34. The molecular formula is C24H31N3O7. The number of nitrogens with one attached hydrogen (secondary N) is 3. The molecular weight excluding hydrogens is 442 g/mol. The molecule has 0 bridgehead atoms. The van der Waals surface area contributed by atoms with E-state index in [4.69, 9.17) is 14.2 Å². The standard InChI is InChI=1S/C24H31N3O7/c1-15(2)22(29)33-16(3)34-24(31)26-11-5-6-18-14-19(7-8-20(18)23(30)32-4)27-21(28)17-9-12-25-13-10-17/h7-8,14-17,25H,9-13H2,1-4H3,(H,26,31)(H,27,28). The highest BCUT2D eigenvalue weighted by molar-refractivity contribution is 5.96. The maximum Gasteiger partial charge on any atom is 0.410 e. The van der Waals surface area contributed by atoms with Crippen molar-refractivity contribution in [1.82, 2.24) is 10.6 Å². The van der Waals surface area contributed by atoms with Crippen molar-refractivity contribution in [3.8, 4) is 11.8 Å². The lowest BCUT2D eigenvalue weighted by atomic mass is 9.97. The highest BCUT2D eigenvalue weighted by atomic mass is 16.7. The summed E-state index contributed by atoms with van der Waals surface area (Å²) in [6.45, 7) is 6.27. The topological polar surface area (TPSA) is 132 Å². The van der Waals surface area contributed by atoms with Crippen molar-refractivity contribution in [2.24, 2.45) is 11.8 Å². The minimum absolute atomic E-state index is 0.0755. The highest BCUT2D eigenvalue weighted by Crippen LogP contribution is 2.19. The Morgan fingerprint density at radius 1 is 1.12 bits per heavy atom. The average molecular weight is 474 g/mol. The lowest BCUT2D eigenvalue weighted by molar-refractivity contribution is -0.168. The van der Waals surface area contributed by atoms with E-state index in [-0.39, 0.29) is 29.9 Å². The van der Waals surface area contributed by atoms with E-state index in [1.54, 1.807) is 26.0 Å². The second-order valence-corrected chi connectivity index (χ2v) is 7.99. The summed E-state index contributed by atoms with van der Waals surface area (Å²) in [5.74, 6) is 3.98. The Morgan fingerprint density at radius 2 is 1.82 bits per heavy atom. The smallest absolute Gasteiger partial charge is 0.410 e. The van der Waals surface area contributed by atoms with Crippen molar-refractivity contribution in [2.45, 2.75) is 39.9 Å². The van der Waals surface area contributed by atoms with Crippen molar-refractivity contribution in [2.75, 3.05) is 32.1 Å². The number of amides is 2. The van der Waals surface area contributed by atoms with Crippen LogP contribution in [0.2, 0.25) is 0 Å². The van der Waals surface area contributed by atoms with Crippen LogP contribution in [-0.2, 0) is 23.8 Å². The molecule has 184 valence electrons. The van der Waals surface area contributed by atoms with Gasteiger partial charge in [-0.25, -0.2) is 9.59 Å². The van der Waals surface area contributed by atoms with Crippen LogP contribution in [0.3, 0.4) is 0 Å². The van der Waals surface area contributed by atoms with E-state index >= 15 is 0 Å². The normalized spacial score (nSPS) is 14.3. The summed E-state index contributed by atoms with van der Waals surface area (Å²) in [6.07, 6.45) is -0.338. The number of carbonyl (C=O) groups is 4. The number of hydrogen-bond donors (Lipinski definition) is 3. The Balaban J connectivity index is 2.00. The van der Waals surface area contributed by atoms with Crippen molar-refractivity contribution < 1.29 is 33.4 Å². The van der Waals surface area contributed by atoms with E-state index in [1.807, 2.05) is 0 Å². The fraction of sp³-hybridized carbons (Fsp3) is 0.500. The molecule has 0 aromatic heterocycles. The molecule has 2 amide bonds. The molecule has 34 heavy (non-hydrogen) atoms. The third-order valence-corrected chi connectivity index (χ3v) is 4.97. The van der Waals surface area contributed by atoms with E-state index in [0.29, 0.717) is 11.3 Å². The summed E-state index contributed by atoms with van der Waals surface area (Å²) in [7, 11) is 1.26. The summed E-state index contributed by atoms with van der Waals surface area (Å²) >= 11 is 0. The Kier molecular flexibility index (Phi) is 10.4. The van der Waals surface area contributed by atoms with Crippen LogP contribution in [0.15, 0.2) is 18.2 Å². The molecule has 1 aliphatic rings. The third kappa shape index (κ3) is 8.41. The van der Waals surface area contributed by atoms with E-state index in [0.717, 1.165) is 25.9 Å². The molecule has 1 aliphatic heterocycles. The van der Waals surface area contributed by atoms with E-state index in [9.17, 15) is 19.2 Å². The predicted molar refractivity (Wildman–Crippen MR) is 124 cm³/mol. The van der Waals surface area contributed by atoms with Crippen LogP contribution in [0.5, 0.6) is 0 Å². The maximum atomic E-state index is 12.5. The largest absolute Gasteiger partial charge is 0.465 e. The van der Waals surface area contributed by atoms with E-state index in [1.165, 1.54) is 20.1 Å². The first-order valence-electron chi connectivity index (χ1n) is 11.1. The summed E-state index contributed by atoms with van der Waals surface area (Å²) in [5, 5.41) is 8.51. The Morgan fingerprint density at radius 3 is 2.47 bits per heavy atom. The Bertz CT molecular complexity index is 959. The fourth-order valence-corrected chi connectivity index (χ4v) is 3.11. The number of carbonyl (C=O) groups excluding carboxylic acids is 4. The lowest BCUT2D eigenvalue weighted by Gasteiger charge is -2.21. The number of piperidine rings is 1. The Hall–Kier alpha value is -3.58. The zero-order chi connectivity index (χ0) is 25.1. The van der Waals surface area contributed by atoms with Gasteiger partial charge in [0.1, 0.15) is 0 Å². The first kappa shape index (κ1) is 26.7. The molecule has 1 aromatic rings. The molecule has 0 spiro atoms. The van der Waals surface area contributed by atoms with Gasteiger partial charge in [0.25, 0.3) is 0 Å². The van der Waals surface area contributed by atoms with Gasteiger partial charge in [0.2, 0.25) is 12.2 Å². The molecule has 1 heterocycles. The van der Waals surface area contributed by atoms with Crippen molar-refractivity contribution in [3.63, 3.8) is 0 Å². The maximum absolute atomic E-state index is 12.5. The van der Waals surface area contributed by atoms with Crippen LogP contribution in [0.4, 0.5) is 10.5 Å². The number of rotatable bonds is 7. The molecule has 1 atom stereocenters. The number of anilines is 1. The average Bonchev–Trinajstić information content (AvgIpc) is 2.81. The summed E-state index contributed by atoms with van der Waals surface area (Å²) in [5.41, 5.74) is 1.07. The molecule has 0 aliphatic carbocycles. The molecule has 3 N–H and O–H groups in total. The van der Waals surface area contributed by atoms with Crippen molar-refractivity contribution >= 4 is 29.6 Å². The SMILES string of the molecule is COC(=O)c1ccc(NC(=O)C2CCNCC2)cc1C#CCNC(=O)OC(C)OC(=O)C(C)C. The number of alkyl carbamates (subject to hydrolysis) is 1.